The van der Waals surface area contributed by atoms with Gasteiger partial charge in [-0.2, -0.15) is 0 Å². The summed E-state index contributed by atoms with van der Waals surface area (Å²) in [5, 5.41) is 5.31. The van der Waals surface area contributed by atoms with Crippen LogP contribution in [0.2, 0.25) is 0 Å². The van der Waals surface area contributed by atoms with Gasteiger partial charge in [0, 0.05) is 17.3 Å². The second kappa shape index (κ2) is 5.61. The smallest absolute Gasteiger partial charge is 0.350 e. The number of esters is 1. The van der Waals surface area contributed by atoms with Crippen molar-refractivity contribution < 1.29 is 9.53 Å². The van der Waals surface area contributed by atoms with Crippen molar-refractivity contribution in [3.8, 4) is 5.69 Å². The minimum Gasteiger partial charge on any atom is -0.465 e. The van der Waals surface area contributed by atoms with E-state index in [4.69, 9.17) is 4.74 Å². The van der Waals surface area contributed by atoms with Gasteiger partial charge >= 0.3 is 5.97 Å². The number of hydrogen-bond donors (Lipinski definition) is 1. The molecule has 0 unspecified atom stereocenters. The number of thiophene rings is 1. The molecule has 0 aliphatic carbocycles. The molecule has 3 heterocycles. The molecule has 6 heteroatoms. The Balaban J connectivity index is 2.03. The predicted molar refractivity (Wildman–Crippen MR) is 82.2 cm³/mol. The number of carbonyl (C=O) groups is 1. The van der Waals surface area contributed by atoms with Crippen molar-refractivity contribution in [3.63, 3.8) is 0 Å². The Morgan fingerprint density at radius 1 is 1.48 bits per heavy atom. The second-order valence-corrected chi connectivity index (χ2v) is 6.50. The molecule has 1 aliphatic heterocycles. The van der Waals surface area contributed by atoms with Gasteiger partial charge in [0.15, 0.2) is 0 Å². The molecule has 0 saturated carbocycles. The zero-order chi connectivity index (χ0) is 14.9. The molecule has 21 heavy (non-hydrogen) atoms. The number of aromatic nitrogens is 2. The number of carbonyl (C=O) groups excluding carboxylic acids is 1. The van der Waals surface area contributed by atoms with Gasteiger partial charge in [0.05, 0.1) is 19.1 Å². The first-order chi connectivity index (χ1) is 10.2. The average Bonchev–Trinajstić information content (AvgIpc) is 3.15. The number of piperidine rings is 1. The Morgan fingerprint density at radius 2 is 2.24 bits per heavy atom. The molecule has 0 aromatic carbocycles. The number of methoxy groups -OCH3 is 1. The minimum atomic E-state index is -0.296. The summed E-state index contributed by atoms with van der Waals surface area (Å²) in [5.74, 6) is -0.296. The zero-order valence-electron chi connectivity index (χ0n) is 12.3. The van der Waals surface area contributed by atoms with E-state index in [1.165, 1.54) is 18.4 Å². The summed E-state index contributed by atoms with van der Waals surface area (Å²) in [5.41, 5.74) is 2.10. The van der Waals surface area contributed by atoms with Crippen LogP contribution in [0.25, 0.3) is 5.69 Å². The molecule has 1 fully saturated rings. The summed E-state index contributed by atoms with van der Waals surface area (Å²) in [6, 6.07) is 1.95. The lowest BCUT2D eigenvalue weighted by atomic mass is 9.78. The molecule has 112 valence electrons. The molecule has 2 aromatic heterocycles. The van der Waals surface area contributed by atoms with Crippen molar-refractivity contribution in [2.75, 3.05) is 20.2 Å². The van der Waals surface area contributed by atoms with Gasteiger partial charge in [-0.15, -0.1) is 11.3 Å². The molecule has 0 spiro atoms. The van der Waals surface area contributed by atoms with Gasteiger partial charge in [0.2, 0.25) is 0 Å². The summed E-state index contributed by atoms with van der Waals surface area (Å²) < 4.78 is 6.91. The monoisotopic (exact) mass is 305 g/mol. The normalized spacial score (nSPS) is 17.6. The maximum absolute atomic E-state index is 11.9. The standard InChI is InChI=1S/C15H19N3O2S/c1-15(4-6-16-7-5-15)12-9-17-10-18(12)11-3-8-21-13(11)14(19)20-2/h3,8-10,16H,4-7H2,1-2H3. The van der Waals surface area contributed by atoms with Crippen LogP contribution >= 0.6 is 11.3 Å². The van der Waals surface area contributed by atoms with Crippen LogP contribution in [-0.2, 0) is 10.2 Å². The van der Waals surface area contributed by atoms with Crippen LogP contribution in [0.4, 0.5) is 0 Å². The third-order valence-electron chi connectivity index (χ3n) is 4.24. The number of nitrogens with zero attached hydrogens (tertiary/aromatic N) is 2. The van der Waals surface area contributed by atoms with Gasteiger partial charge in [-0.25, -0.2) is 9.78 Å². The highest BCUT2D eigenvalue weighted by Crippen LogP contribution is 2.35. The summed E-state index contributed by atoms with van der Waals surface area (Å²) in [7, 11) is 1.41. The molecule has 0 atom stereocenters. The number of ether oxygens (including phenoxy) is 1. The molecule has 0 amide bonds. The third kappa shape index (κ3) is 2.49. The van der Waals surface area contributed by atoms with Crippen molar-refractivity contribution in [3.05, 3.63) is 34.5 Å². The Labute approximate surface area is 128 Å². The lowest BCUT2D eigenvalue weighted by molar-refractivity contribution is 0.0606. The van der Waals surface area contributed by atoms with Gasteiger partial charge < -0.3 is 14.6 Å². The van der Waals surface area contributed by atoms with Crippen LogP contribution in [0.15, 0.2) is 24.0 Å². The first kappa shape index (κ1) is 14.3. The van der Waals surface area contributed by atoms with Crippen molar-refractivity contribution in [2.24, 2.45) is 0 Å². The Morgan fingerprint density at radius 3 is 2.95 bits per heavy atom. The lowest BCUT2D eigenvalue weighted by Gasteiger charge is -2.34. The van der Waals surface area contributed by atoms with E-state index in [9.17, 15) is 4.79 Å². The van der Waals surface area contributed by atoms with Crippen LogP contribution in [0, 0.1) is 0 Å². The summed E-state index contributed by atoms with van der Waals surface area (Å²) in [4.78, 5) is 16.8. The summed E-state index contributed by atoms with van der Waals surface area (Å²) in [6.07, 6.45) is 5.84. The van der Waals surface area contributed by atoms with Crippen LogP contribution in [0.5, 0.6) is 0 Å². The molecule has 5 nitrogen and oxygen atoms in total. The van der Waals surface area contributed by atoms with Crippen LogP contribution < -0.4 is 5.32 Å². The number of nitrogens with one attached hydrogen (secondary N) is 1. The van der Waals surface area contributed by atoms with Gasteiger partial charge in [-0.3, -0.25) is 0 Å². The molecule has 1 aliphatic rings. The van der Waals surface area contributed by atoms with E-state index in [-0.39, 0.29) is 11.4 Å². The van der Waals surface area contributed by atoms with Gasteiger partial charge in [0.25, 0.3) is 0 Å². The van der Waals surface area contributed by atoms with E-state index in [0.717, 1.165) is 37.3 Å². The molecule has 2 aromatic rings. The second-order valence-electron chi connectivity index (χ2n) is 5.59. The average molecular weight is 305 g/mol. The van der Waals surface area contributed by atoms with Crippen molar-refractivity contribution >= 4 is 17.3 Å². The van der Waals surface area contributed by atoms with Crippen LogP contribution in [0.1, 0.15) is 35.1 Å². The number of hydrogen-bond acceptors (Lipinski definition) is 5. The van der Waals surface area contributed by atoms with E-state index in [1.54, 1.807) is 6.33 Å². The lowest BCUT2D eigenvalue weighted by Crippen LogP contribution is -2.38. The fourth-order valence-corrected chi connectivity index (χ4v) is 3.71. The molecular weight excluding hydrogens is 286 g/mol. The van der Waals surface area contributed by atoms with Gasteiger partial charge in [-0.1, -0.05) is 6.92 Å². The molecule has 0 radical (unpaired) electrons. The zero-order valence-corrected chi connectivity index (χ0v) is 13.1. The Kier molecular flexibility index (Phi) is 3.82. The van der Waals surface area contributed by atoms with E-state index in [2.05, 4.69) is 17.2 Å². The third-order valence-corrected chi connectivity index (χ3v) is 5.12. The van der Waals surface area contributed by atoms with Gasteiger partial charge in [-0.05, 0) is 37.4 Å². The van der Waals surface area contributed by atoms with E-state index in [0.29, 0.717) is 4.88 Å². The highest BCUT2D eigenvalue weighted by molar-refractivity contribution is 7.12. The molecule has 3 rings (SSSR count). The molecular formula is C15H19N3O2S. The highest BCUT2D eigenvalue weighted by Gasteiger charge is 2.32. The SMILES string of the molecule is COC(=O)c1sccc1-n1cncc1C1(C)CCNCC1. The number of imidazole rings is 1. The summed E-state index contributed by atoms with van der Waals surface area (Å²) in [6.45, 7) is 4.29. The van der Waals surface area contributed by atoms with Crippen molar-refractivity contribution in [1.29, 1.82) is 0 Å². The van der Waals surface area contributed by atoms with E-state index in [1.807, 2.05) is 22.2 Å². The predicted octanol–water partition coefficient (Wildman–Crippen LogP) is 2.36. The fraction of sp³-hybridized carbons (Fsp3) is 0.467. The van der Waals surface area contributed by atoms with Crippen molar-refractivity contribution in [2.45, 2.75) is 25.2 Å². The first-order valence-electron chi connectivity index (χ1n) is 7.05. The Bertz CT molecular complexity index is 641. The van der Waals surface area contributed by atoms with Crippen molar-refractivity contribution in [1.82, 2.24) is 14.9 Å². The number of rotatable bonds is 3. The largest absolute Gasteiger partial charge is 0.465 e. The molecule has 1 saturated heterocycles. The minimum absolute atomic E-state index is 0.0804. The fourth-order valence-electron chi connectivity index (χ4n) is 2.91. The van der Waals surface area contributed by atoms with E-state index >= 15 is 0 Å². The van der Waals surface area contributed by atoms with Crippen LogP contribution in [0.3, 0.4) is 0 Å². The molecule has 1 N–H and O–H groups in total. The van der Waals surface area contributed by atoms with Gasteiger partial charge in [0.1, 0.15) is 4.88 Å². The topological polar surface area (TPSA) is 56.2 Å². The first-order valence-corrected chi connectivity index (χ1v) is 7.93. The maximum Gasteiger partial charge on any atom is 0.350 e. The quantitative estimate of drug-likeness (QED) is 0.885. The Hall–Kier alpha value is -1.66. The highest BCUT2D eigenvalue weighted by atomic mass is 32.1. The molecule has 0 bridgehead atoms. The van der Waals surface area contributed by atoms with E-state index < -0.39 is 0 Å². The van der Waals surface area contributed by atoms with Crippen LogP contribution in [-0.4, -0.2) is 35.7 Å². The maximum atomic E-state index is 11.9. The summed E-state index contributed by atoms with van der Waals surface area (Å²) >= 11 is 1.40.